The Morgan fingerprint density at radius 2 is 1.77 bits per heavy atom. The van der Waals surface area contributed by atoms with Gasteiger partial charge in [-0.05, 0) is 43.3 Å². The Morgan fingerprint density at radius 3 is 2.50 bits per heavy atom. The number of carbonyl (C=O) groups is 1. The van der Waals surface area contributed by atoms with Crippen molar-refractivity contribution in [1.29, 1.82) is 0 Å². The third kappa shape index (κ3) is 4.83. The van der Waals surface area contributed by atoms with E-state index in [0.717, 1.165) is 22.1 Å². The van der Waals surface area contributed by atoms with E-state index >= 15 is 0 Å². The topological polar surface area (TPSA) is 60.5 Å². The molecular formula is C20H20N2O3S. The van der Waals surface area contributed by atoms with Gasteiger partial charge in [0.15, 0.2) is 0 Å². The molecule has 0 saturated heterocycles. The van der Waals surface area contributed by atoms with Crippen LogP contribution in [0.3, 0.4) is 0 Å². The summed E-state index contributed by atoms with van der Waals surface area (Å²) in [6.07, 6.45) is 0. The lowest BCUT2D eigenvalue weighted by molar-refractivity contribution is 0.0943. The largest absolute Gasteiger partial charge is 0.494 e. The quantitative estimate of drug-likeness (QED) is 0.610. The highest BCUT2D eigenvalue weighted by Gasteiger charge is 2.11. The molecule has 1 heterocycles. The van der Waals surface area contributed by atoms with Crippen LogP contribution in [-0.2, 0) is 0 Å². The van der Waals surface area contributed by atoms with Gasteiger partial charge in [-0.2, -0.15) is 0 Å². The lowest BCUT2D eigenvalue weighted by atomic mass is 10.2. The fourth-order valence-corrected chi connectivity index (χ4v) is 3.12. The molecule has 6 heteroatoms. The molecule has 0 fully saturated rings. The van der Waals surface area contributed by atoms with Crippen molar-refractivity contribution in [1.82, 2.24) is 10.3 Å². The summed E-state index contributed by atoms with van der Waals surface area (Å²) in [5.74, 6) is 1.41. The van der Waals surface area contributed by atoms with Crippen molar-refractivity contribution in [3.63, 3.8) is 0 Å². The average molecular weight is 368 g/mol. The van der Waals surface area contributed by atoms with Gasteiger partial charge in [0.2, 0.25) is 0 Å². The van der Waals surface area contributed by atoms with Crippen molar-refractivity contribution >= 4 is 17.2 Å². The van der Waals surface area contributed by atoms with Crippen LogP contribution in [0.2, 0.25) is 0 Å². The van der Waals surface area contributed by atoms with Gasteiger partial charge in [-0.3, -0.25) is 4.79 Å². The molecule has 3 rings (SSSR count). The number of aromatic nitrogens is 1. The number of thiazole rings is 1. The smallest absolute Gasteiger partial charge is 0.270 e. The van der Waals surface area contributed by atoms with Crippen LogP contribution in [0.25, 0.3) is 10.6 Å². The van der Waals surface area contributed by atoms with Gasteiger partial charge in [0.25, 0.3) is 5.91 Å². The van der Waals surface area contributed by atoms with Crippen molar-refractivity contribution in [3.05, 3.63) is 65.7 Å². The van der Waals surface area contributed by atoms with E-state index in [1.807, 2.05) is 61.5 Å². The Bertz CT molecular complexity index is 832. The number of carbonyl (C=O) groups excluding carboxylic acids is 1. The SMILES string of the molecule is CCOc1ccc(-c2nc(C(=O)NCCOc3ccccc3)cs2)cc1. The van der Waals surface area contributed by atoms with Gasteiger partial charge < -0.3 is 14.8 Å². The average Bonchev–Trinajstić information content (AvgIpc) is 3.17. The highest BCUT2D eigenvalue weighted by Crippen LogP contribution is 2.25. The molecule has 1 N–H and O–H groups in total. The van der Waals surface area contributed by atoms with Crippen molar-refractivity contribution < 1.29 is 14.3 Å². The normalized spacial score (nSPS) is 10.3. The van der Waals surface area contributed by atoms with Crippen LogP contribution in [0, 0.1) is 0 Å². The summed E-state index contributed by atoms with van der Waals surface area (Å²) < 4.78 is 11.0. The molecule has 5 nitrogen and oxygen atoms in total. The van der Waals surface area contributed by atoms with Gasteiger partial charge in [0.1, 0.15) is 28.8 Å². The van der Waals surface area contributed by atoms with E-state index in [0.29, 0.717) is 25.5 Å². The predicted molar refractivity (Wildman–Crippen MR) is 103 cm³/mol. The first-order chi connectivity index (χ1) is 12.8. The number of benzene rings is 2. The van der Waals surface area contributed by atoms with Crippen LogP contribution >= 0.6 is 11.3 Å². The summed E-state index contributed by atoms with van der Waals surface area (Å²) in [6, 6.07) is 17.2. The standard InChI is InChI=1S/C20H20N2O3S/c1-2-24-17-10-8-15(9-11-17)20-22-18(14-26-20)19(23)21-12-13-25-16-6-4-3-5-7-16/h3-11,14H,2,12-13H2,1H3,(H,21,23). The van der Waals surface area contributed by atoms with Gasteiger partial charge in [-0.1, -0.05) is 18.2 Å². The highest BCUT2D eigenvalue weighted by atomic mass is 32.1. The molecule has 0 radical (unpaired) electrons. The first-order valence-electron chi connectivity index (χ1n) is 8.41. The Hall–Kier alpha value is -2.86. The molecular weight excluding hydrogens is 348 g/mol. The van der Waals surface area contributed by atoms with Gasteiger partial charge in [-0.15, -0.1) is 11.3 Å². The van der Waals surface area contributed by atoms with Crippen LogP contribution in [0.5, 0.6) is 11.5 Å². The Labute approximate surface area is 156 Å². The number of nitrogens with one attached hydrogen (secondary N) is 1. The van der Waals surface area contributed by atoms with Gasteiger partial charge in [0.05, 0.1) is 13.2 Å². The maximum Gasteiger partial charge on any atom is 0.270 e. The summed E-state index contributed by atoms with van der Waals surface area (Å²) in [6.45, 7) is 3.41. The third-order valence-electron chi connectivity index (χ3n) is 3.55. The van der Waals surface area contributed by atoms with Crippen molar-refractivity contribution in [2.45, 2.75) is 6.92 Å². The molecule has 0 aliphatic rings. The van der Waals surface area contributed by atoms with Crippen LogP contribution in [0.1, 0.15) is 17.4 Å². The second-order valence-electron chi connectivity index (χ2n) is 5.41. The summed E-state index contributed by atoms with van der Waals surface area (Å²) in [4.78, 5) is 16.6. The van der Waals surface area contributed by atoms with E-state index in [2.05, 4.69) is 10.3 Å². The van der Waals surface area contributed by atoms with E-state index < -0.39 is 0 Å². The van der Waals surface area contributed by atoms with E-state index in [9.17, 15) is 4.79 Å². The summed E-state index contributed by atoms with van der Waals surface area (Å²) >= 11 is 1.44. The van der Waals surface area contributed by atoms with E-state index in [-0.39, 0.29) is 5.91 Å². The molecule has 0 spiro atoms. The molecule has 3 aromatic rings. The maximum absolute atomic E-state index is 12.2. The molecule has 0 bridgehead atoms. The molecule has 26 heavy (non-hydrogen) atoms. The minimum Gasteiger partial charge on any atom is -0.494 e. The Balaban J connectivity index is 1.51. The number of nitrogens with zero attached hydrogens (tertiary/aromatic N) is 1. The number of rotatable bonds is 8. The molecule has 2 aromatic carbocycles. The fraction of sp³-hybridized carbons (Fsp3) is 0.200. The molecule has 0 aliphatic carbocycles. The van der Waals surface area contributed by atoms with Crippen LogP contribution in [0.15, 0.2) is 60.0 Å². The molecule has 1 aromatic heterocycles. The first kappa shape index (κ1) is 17.9. The van der Waals surface area contributed by atoms with Gasteiger partial charge in [0, 0.05) is 10.9 Å². The fourth-order valence-electron chi connectivity index (χ4n) is 2.31. The molecule has 0 atom stereocenters. The minimum absolute atomic E-state index is 0.199. The lowest BCUT2D eigenvalue weighted by Crippen LogP contribution is -2.28. The zero-order chi connectivity index (χ0) is 18.2. The monoisotopic (exact) mass is 368 g/mol. The van der Waals surface area contributed by atoms with Gasteiger partial charge in [-0.25, -0.2) is 4.98 Å². The highest BCUT2D eigenvalue weighted by molar-refractivity contribution is 7.13. The van der Waals surface area contributed by atoms with Crippen molar-refractivity contribution in [2.24, 2.45) is 0 Å². The molecule has 1 amide bonds. The second-order valence-corrected chi connectivity index (χ2v) is 6.27. The Kier molecular flexibility index (Phi) is 6.22. The lowest BCUT2D eigenvalue weighted by Gasteiger charge is -2.06. The minimum atomic E-state index is -0.199. The van der Waals surface area contributed by atoms with Crippen molar-refractivity contribution in [3.8, 4) is 22.1 Å². The molecule has 134 valence electrons. The van der Waals surface area contributed by atoms with E-state index in [4.69, 9.17) is 9.47 Å². The predicted octanol–water partition coefficient (Wildman–Crippen LogP) is 4.02. The Morgan fingerprint density at radius 1 is 1.04 bits per heavy atom. The number of para-hydroxylation sites is 1. The number of ether oxygens (including phenoxy) is 2. The van der Waals surface area contributed by atoms with E-state index in [1.165, 1.54) is 11.3 Å². The van der Waals surface area contributed by atoms with Gasteiger partial charge >= 0.3 is 0 Å². The maximum atomic E-state index is 12.2. The molecule has 0 aliphatic heterocycles. The number of amides is 1. The number of hydrogen-bond donors (Lipinski definition) is 1. The summed E-state index contributed by atoms with van der Waals surface area (Å²) in [7, 11) is 0. The summed E-state index contributed by atoms with van der Waals surface area (Å²) in [5.41, 5.74) is 1.38. The third-order valence-corrected chi connectivity index (χ3v) is 4.44. The van der Waals surface area contributed by atoms with E-state index in [1.54, 1.807) is 5.38 Å². The zero-order valence-corrected chi connectivity index (χ0v) is 15.3. The molecule has 0 saturated carbocycles. The first-order valence-corrected chi connectivity index (χ1v) is 9.29. The molecule has 0 unspecified atom stereocenters. The van der Waals surface area contributed by atoms with Crippen LogP contribution in [0.4, 0.5) is 0 Å². The zero-order valence-electron chi connectivity index (χ0n) is 14.5. The van der Waals surface area contributed by atoms with Crippen molar-refractivity contribution in [2.75, 3.05) is 19.8 Å². The second kappa shape index (κ2) is 9.01. The van der Waals surface area contributed by atoms with Crippen LogP contribution in [-0.4, -0.2) is 30.6 Å². The number of hydrogen-bond acceptors (Lipinski definition) is 5. The van der Waals surface area contributed by atoms with Crippen LogP contribution < -0.4 is 14.8 Å². The summed E-state index contributed by atoms with van der Waals surface area (Å²) in [5, 5.41) is 5.39.